The van der Waals surface area contributed by atoms with Gasteiger partial charge in [-0.15, -0.1) is 0 Å². The largest absolute Gasteiger partial charge is 0.361 e. The van der Waals surface area contributed by atoms with Gasteiger partial charge in [0.1, 0.15) is 0 Å². The van der Waals surface area contributed by atoms with Gasteiger partial charge in [-0.05, 0) is 36.4 Å². The van der Waals surface area contributed by atoms with E-state index in [9.17, 15) is 4.21 Å². The smallest absolute Gasteiger partial charge is 0.0849 e. The minimum Gasteiger partial charge on any atom is -0.361 e. The lowest BCUT2D eigenvalue weighted by atomic mass is 10.2. The van der Waals surface area contributed by atoms with Crippen molar-refractivity contribution in [2.75, 3.05) is 0 Å². The van der Waals surface area contributed by atoms with Crippen molar-refractivity contribution in [2.45, 2.75) is 9.79 Å². The van der Waals surface area contributed by atoms with Crippen LogP contribution in [0.1, 0.15) is 0 Å². The highest BCUT2D eigenvalue weighted by atomic mass is 32.2. The Balaban J connectivity index is 2.06. The maximum absolute atomic E-state index is 12.3. The second-order valence-electron chi connectivity index (χ2n) is 3.81. The van der Waals surface area contributed by atoms with E-state index in [4.69, 9.17) is 0 Å². The van der Waals surface area contributed by atoms with Crippen LogP contribution in [0.25, 0.3) is 10.9 Å². The molecule has 17 heavy (non-hydrogen) atoms. The van der Waals surface area contributed by atoms with Crippen LogP contribution in [0.2, 0.25) is 0 Å². The summed E-state index contributed by atoms with van der Waals surface area (Å²) in [5.41, 5.74) is 1.07. The van der Waals surface area contributed by atoms with Crippen molar-refractivity contribution in [3.8, 4) is 0 Å². The van der Waals surface area contributed by atoms with Crippen LogP contribution in [0.15, 0.2) is 70.6 Å². The fourth-order valence-electron chi connectivity index (χ4n) is 1.83. The Kier molecular flexibility index (Phi) is 2.53. The maximum Gasteiger partial charge on any atom is 0.0849 e. The number of fused-ring (bicyclic) bond motifs is 1. The third-order valence-corrected chi connectivity index (χ3v) is 4.08. The normalized spacial score (nSPS) is 12.7. The zero-order chi connectivity index (χ0) is 11.7. The lowest BCUT2D eigenvalue weighted by molar-refractivity contribution is 0.683. The van der Waals surface area contributed by atoms with Crippen LogP contribution in [-0.2, 0) is 10.8 Å². The van der Waals surface area contributed by atoms with Gasteiger partial charge < -0.3 is 4.98 Å². The van der Waals surface area contributed by atoms with E-state index in [0.29, 0.717) is 0 Å². The van der Waals surface area contributed by atoms with Gasteiger partial charge in [0.05, 0.1) is 10.8 Å². The topological polar surface area (TPSA) is 32.9 Å². The predicted molar refractivity (Wildman–Crippen MR) is 69.4 cm³/mol. The molecule has 2 aromatic carbocycles. The maximum atomic E-state index is 12.3. The summed E-state index contributed by atoms with van der Waals surface area (Å²) in [5, 5.41) is 1.09. The van der Waals surface area contributed by atoms with Crippen molar-refractivity contribution in [3.05, 3.63) is 60.8 Å². The highest BCUT2D eigenvalue weighted by molar-refractivity contribution is 7.85. The molecule has 0 saturated heterocycles. The Hall–Kier alpha value is -1.87. The van der Waals surface area contributed by atoms with Crippen molar-refractivity contribution in [1.82, 2.24) is 4.98 Å². The molecule has 1 atom stereocenters. The molecule has 0 bridgehead atoms. The van der Waals surface area contributed by atoms with Crippen LogP contribution in [0, 0.1) is 0 Å². The molecule has 0 aliphatic carbocycles. The highest BCUT2D eigenvalue weighted by Crippen LogP contribution is 2.20. The number of hydrogen-bond donors (Lipinski definition) is 1. The minimum atomic E-state index is -1.10. The molecule has 3 heteroatoms. The highest BCUT2D eigenvalue weighted by Gasteiger charge is 2.07. The molecule has 1 unspecified atom stereocenters. The fourth-order valence-corrected chi connectivity index (χ4v) is 2.93. The zero-order valence-electron chi connectivity index (χ0n) is 9.09. The van der Waals surface area contributed by atoms with E-state index in [1.165, 1.54) is 0 Å². The summed E-state index contributed by atoms with van der Waals surface area (Å²) in [7, 11) is -1.10. The average Bonchev–Trinajstić information content (AvgIpc) is 2.86. The van der Waals surface area contributed by atoms with Gasteiger partial charge in [-0.2, -0.15) is 0 Å². The van der Waals surface area contributed by atoms with Crippen molar-refractivity contribution in [2.24, 2.45) is 0 Å². The van der Waals surface area contributed by atoms with E-state index in [-0.39, 0.29) is 0 Å². The molecule has 84 valence electrons. The first-order valence-corrected chi connectivity index (χ1v) is 6.53. The Morgan fingerprint density at radius 2 is 1.71 bits per heavy atom. The van der Waals surface area contributed by atoms with E-state index in [2.05, 4.69) is 4.98 Å². The van der Waals surface area contributed by atoms with Gasteiger partial charge >= 0.3 is 0 Å². The quantitative estimate of drug-likeness (QED) is 0.733. The molecular weight excluding hydrogens is 230 g/mol. The standard InChI is InChI=1S/C14H11NOS/c16-17(12-4-2-1-3-5-12)13-6-7-14-11(10-13)8-9-15-14/h1-10,15H. The molecule has 0 aliphatic rings. The Bertz CT molecular complexity index is 673. The van der Waals surface area contributed by atoms with Gasteiger partial charge in [-0.1, -0.05) is 18.2 Å². The molecule has 1 N–H and O–H groups in total. The summed E-state index contributed by atoms with van der Waals surface area (Å²) < 4.78 is 12.3. The molecule has 0 radical (unpaired) electrons. The molecule has 0 fully saturated rings. The molecule has 0 amide bonds. The number of benzene rings is 2. The van der Waals surface area contributed by atoms with Crippen molar-refractivity contribution in [3.63, 3.8) is 0 Å². The van der Waals surface area contributed by atoms with Crippen LogP contribution in [0.5, 0.6) is 0 Å². The van der Waals surface area contributed by atoms with Gasteiger partial charge in [0.25, 0.3) is 0 Å². The van der Waals surface area contributed by atoms with Crippen LogP contribution in [0.4, 0.5) is 0 Å². The van der Waals surface area contributed by atoms with Gasteiger partial charge in [0.15, 0.2) is 0 Å². The zero-order valence-corrected chi connectivity index (χ0v) is 9.91. The SMILES string of the molecule is O=S(c1ccccc1)c1ccc2[nH]ccc2c1. The summed E-state index contributed by atoms with van der Waals surface area (Å²) in [5.74, 6) is 0. The van der Waals surface area contributed by atoms with E-state index < -0.39 is 10.8 Å². The van der Waals surface area contributed by atoms with Gasteiger partial charge in [0, 0.05) is 26.9 Å². The molecule has 0 aliphatic heterocycles. The van der Waals surface area contributed by atoms with E-state index in [0.717, 1.165) is 20.7 Å². The minimum absolute atomic E-state index is 0.836. The Morgan fingerprint density at radius 1 is 0.882 bits per heavy atom. The summed E-state index contributed by atoms with van der Waals surface area (Å²) >= 11 is 0. The third kappa shape index (κ3) is 1.89. The fraction of sp³-hybridized carbons (Fsp3) is 0. The predicted octanol–water partition coefficient (Wildman–Crippen LogP) is 3.33. The van der Waals surface area contributed by atoms with Gasteiger partial charge in [0.2, 0.25) is 0 Å². The number of hydrogen-bond acceptors (Lipinski definition) is 1. The first-order valence-electron chi connectivity index (χ1n) is 5.38. The van der Waals surface area contributed by atoms with Crippen molar-refractivity contribution in [1.29, 1.82) is 0 Å². The number of aromatic amines is 1. The molecule has 1 heterocycles. The Labute approximate surface area is 102 Å². The van der Waals surface area contributed by atoms with Gasteiger partial charge in [-0.3, -0.25) is 0 Å². The second-order valence-corrected chi connectivity index (χ2v) is 5.29. The van der Waals surface area contributed by atoms with E-state index in [1.54, 1.807) is 0 Å². The summed E-state index contributed by atoms with van der Waals surface area (Å²) in [4.78, 5) is 4.80. The van der Waals surface area contributed by atoms with Crippen LogP contribution >= 0.6 is 0 Å². The number of nitrogens with one attached hydrogen (secondary N) is 1. The summed E-state index contributed by atoms with van der Waals surface area (Å²) in [6, 6.07) is 17.3. The second kappa shape index (κ2) is 4.18. The first kappa shape index (κ1) is 10.3. The molecule has 0 spiro atoms. The van der Waals surface area contributed by atoms with Crippen molar-refractivity contribution < 1.29 is 4.21 Å². The van der Waals surface area contributed by atoms with Crippen LogP contribution in [-0.4, -0.2) is 9.19 Å². The lowest BCUT2D eigenvalue weighted by Crippen LogP contribution is -1.91. The average molecular weight is 241 g/mol. The van der Waals surface area contributed by atoms with Gasteiger partial charge in [-0.25, -0.2) is 4.21 Å². The summed E-state index contributed by atoms with van der Waals surface area (Å²) in [6.07, 6.45) is 1.89. The molecule has 3 rings (SSSR count). The first-order chi connectivity index (χ1) is 8.34. The molecule has 0 saturated carbocycles. The lowest BCUT2D eigenvalue weighted by Gasteiger charge is -2.02. The number of aromatic nitrogens is 1. The molecule has 1 aromatic heterocycles. The molecule has 3 aromatic rings. The van der Waals surface area contributed by atoms with Crippen LogP contribution in [0.3, 0.4) is 0 Å². The van der Waals surface area contributed by atoms with E-state index >= 15 is 0 Å². The molecular formula is C14H11NOS. The number of H-pyrrole nitrogens is 1. The van der Waals surface area contributed by atoms with E-state index in [1.807, 2.05) is 60.8 Å². The number of rotatable bonds is 2. The monoisotopic (exact) mass is 241 g/mol. The van der Waals surface area contributed by atoms with Crippen LogP contribution < -0.4 is 0 Å². The Morgan fingerprint density at radius 3 is 2.53 bits per heavy atom. The van der Waals surface area contributed by atoms with Crippen molar-refractivity contribution >= 4 is 21.7 Å². The molecule has 2 nitrogen and oxygen atoms in total. The third-order valence-electron chi connectivity index (χ3n) is 2.70. The summed E-state index contributed by atoms with van der Waals surface area (Å²) in [6.45, 7) is 0.